The lowest BCUT2D eigenvalue weighted by Gasteiger charge is -2.31. The number of sulfonamides is 1. The number of halogens is 1. The van der Waals surface area contributed by atoms with Gasteiger partial charge in [-0.05, 0) is 25.0 Å². The number of aliphatic hydroxyl groups excluding tert-OH is 1. The van der Waals surface area contributed by atoms with Gasteiger partial charge in [0.15, 0.2) is 5.82 Å². The number of nitrogens with zero attached hydrogens (tertiary/aromatic N) is 1. The highest BCUT2D eigenvalue weighted by molar-refractivity contribution is 7.89. The predicted molar refractivity (Wildman–Crippen MR) is 53.5 cm³/mol. The third kappa shape index (κ3) is 2.21. The van der Waals surface area contributed by atoms with Crippen LogP contribution in [0.4, 0.5) is 4.39 Å². The summed E-state index contributed by atoms with van der Waals surface area (Å²) in [6.45, 7) is 0. The molecule has 1 aromatic rings. The first kappa shape index (κ1) is 11.4. The fraction of sp³-hybridized carbons (Fsp3) is 0.444. The molecule has 0 aromatic carbocycles. The molecule has 88 valence electrons. The largest absolute Gasteiger partial charge is 0.393 e. The normalized spacial score (nSPS) is 25.1. The zero-order valence-corrected chi connectivity index (χ0v) is 9.11. The van der Waals surface area contributed by atoms with Crippen LogP contribution in [0.5, 0.6) is 0 Å². The maximum atomic E-state index is 13.2. The molecular formula is C9H11FN2O3S. The molecule has 2 N–H and O–H groups in total. The van der Waals surface area contributed by atoms with E-state index in [9.17, 15) is 12.8 Å². The molecule has 2 rings (SSSR count). The quantitative estimate of drug-likeness (QED) is 0.788. The van der Waals surface area contributed by atoms with Crippen LogP contribution >= 0.6 is 0 Å². The van der Waals surface area contributed by atoms with Crippen molar-refractivity contribution >= 4 is 10.0 Å². The topological polar surface area (TPSA) is 79.3 Å². The fourth-order valence-corrected chi connectivity index (χ4v) is 2.80. The summed E-state index contributed by atoms with van der Waals surface area (Å²) in [5.74, 6) is -0.880. The molecule has 0 spiro atoms. The van der Waals surface area contributed by atoms with Crippen LogP contribution in [-0.4, -0.2) is 30.7 Å². The van der Waals surface area contributed by atoms with Crippen molar-refractivity contribution in [2.75, 3.05) is 0 Å². The van der Waals surface area contributed by atoms with E-state index in [0.717, 1.165) is 6.07 Å². The van der Waals surface area contributed by atoms with Gasteiger partial charge in [-0.2, -0.15) is 0 Å². The average Bonchev–Trinajstić information content (AvgIpc) is 2.15. The van der Waals surface area contributed by atoms with Gasteiger partial charge >= 0.3 is 0 Å². The SMILES string of the molecule is O=S(=O)(NC1CC(O)C1)c1ncccc1F. The first-order chi connectivity index (χ1) is 7.49. The molecular weight excluding hydrogens is 235 g/mol. The Hall–Kier alpha value is -1.05. The first-order valence-corrected chi connectivity index (χ1v) is 6.28. The maximum absolute atomic E-state index is 13.2. The van der Waals surface area contributed by atoms with E-state index < -0.39 is 27.0 Å². The predicted octanol–water partition coefficient (Wildman–Crippen LogP) is 0.0223. The summed E-state index contributed by atoms with van der Waals surface area (Å²) in [6.07, 6.45) is 1.45. The maximum Gasteiger partial charge on any atom is 0.261 e. The lowest BCUT2D eigenvalue weighted by atomic mass is 9.91. The minimum absolute atomic E-state index is 0.332. The van der Waals surface area contributed by atoms with E-state index in [2.05, 4.69) is 9.71 Å². The number of aliphatic hydroxyl groups is 1. The summed E-state index contributed by atoms with van der Waals surface area (Å²) in [5, 5.41) is 8.42. The molecule has 1 fully saturated rings. The third-order valence-corrected chi connectivity index (χ3v) is 3.87. The van der Waals surface area contributed by atoms with Crippen LogP contribution in [0.2, 0.25) is 0 Å². The Labute approximate surface area is 92.4 Å². The van der Waals surface area contributed by atoms with Crippen LogP contribution in [0.1, 0.15) is 12.8 Å². The van der Waals surface area contributed by atoms with Crippen molar-refractivity contribution in [2.45, 2.75) is 30.0 Å². The van der Waals surface area contributed by atoms with Crippen molar-refractivity contribution in [2.24, 2.45) is 0 Å². The summed E-state index contributed by atoms with van der Waals surface area (Å²) < 4.78 is 38.8. The van der Waals surface area contributed by atoms with E-state index in [4.69, 9.17) is 5.11 Å². The second-order valence-corrected chi connectivity index (χ2v) is 5.36. The highest BCUT2D eigenvalue weighted by atomic mass is 32.2. The van der Waals surface area contributed by atoms with Crippen molar-refractivity contribution in [3.8, 4) is 0 Å². The summed E-state index contributed by atoms with van der Waals surface area (Å²) in [7, 11) is -3.92. The molecule has 1 heterocycles. The van der Waals surface area contributed by atoms with E-state index in [1.54, 1.807) is 0 Å². The Kier molecular flexibility index (Phi) is 2.92. The summed E-state index contributed by atoms with van der Waals surface area (Å²) in [4.78, 5) is 3.49. The molecule has 0 radical (unpaired) electrons. The van der Waals surface area contributed by atoms with Gasteiger partial charge in [0.2, 0.25) is 5.03 Å². The zero-order valence-electron chi connectivity index (χ0n) is 8.30. The third-order valence-electron chi connectivity index (χ3n) is 2.41. The smallest absolute Gasteiger partial charge is 0.261 e. The zero-order chi connectivity index (χ0) is 11.8. The molecule has 1 aliphatic rings. The Bertz CT molecular complexity index is 485. The number of hydrogen-bond acceptors (Lipinski definition) is 4. The number of hydrogen-bond donors (Lipinski definition) is 2. The minimum Gasteiger partial charge on any atom is -0.393 e. The van der Waals surface area contributed by atoms with Crippen molar-refractivity contribution in [3.63, 3.8) is 0 Å². The van der Waals surface area contributed by atoms with Gasteiger partial charge in [-0.15, -0.1) is 0 Å². The molecule has 0 atom stereocenters. The van der Waals surface area contributed by atoms with E-state index in [0.29, 0.717) is 12.8 Å². The minimum atomic E-state index is -3.92. The standard InChI is InChI=1S/C9H11FN2O3S/c10-8-2-1-3-11-9(8)16(14,15)12-6-4-7(13)5-6/h1-3,6-7,12-13H,4-5H2. The van der Waals surface area contributed by atoms with Crippen LogP contribution in [0, 0.1) is 5.82 Å². The van der Waals surface area contributed by atoms with Gasteiger partial charge in [-0.1, -0.05) is 0 Å². The number of nitrogens with one attached hydrogen (secondary N) is 1. The second kappa shape index (κ2) is 4.08. The molecule has 1 aromatic heterocycles. The lowest BCUT2D eigenvalue weighted by Crippen LogP contribution is -2.46. The molecule has 1 aliphatic carbocycles. The summed E-state index contributed by atoms with van der Waals surface area (Å²) >= 11 is 0. The Morgan fingerprint density at radius 2 is 2.19 bits per heavy atom. The first-order valence-electron chi connectivity index (χ1n) is 4.80. The molecule has 1 saturated carbocycles. The van der Waals surface area contributed by atoms with Crippen LogP contribution in [0.3, 0.4) is 0 Å². The molecule has 0 unspecified atom stereocenters. The molecule has 0 saturated heterocycles. The van der Waals surface area contributed by atoms with Crippen molar-refractivity contribution in [1.29, 1.82) is 0 Å². The van der Waals surface area contributed by atoms with E-state index in [1.165, 1.54) is 12.3 Å². The van der Waals surface area contributed by atoms with Crippen LogP contribution in [0.15, 0.2) is 23.4 Å². The lowest BCUT2D eigenvalue weighted by molar-refractivity contribution is 0.0711. The van der Waals surface area contributed by atoms with Crippen LogP contribution in [0.25, 0.3) is 0 Å². The highest BCUT2D eigenvalue weighted by Gasteiger charge is 2.32. The van der Waals surface area contributed by atoms with Crippen molar-refractivity contribution in [3.05, 3.63) is 24.1 Å². The van der Waals surface area contributed by atoms with E-state index in [-0.39, 0.29) is 6.04 Å². The number of rotatable bonds is 3. The Morgan fingerprint density at radius 1 is 1.50 bits per heavy atom. The molecule has 0 aliphatic heterocycles. The van der Waals surface area contributed by atoms with Gasteiger partial charge in [0.25, 0.3) is 10.0 Å². The molecule has 5 nitrogen and oxygen atoms in total. The number of aromatic nitrogens is 1. The van der Waals surface area contributed by atoms with E-state index in [1.807, 2.05) is 0 Å². The van der Waals surface area contributed by atoms with Crippen LogP contribution < -0.4 is 4.72 Å². The summed E-state index contributed by atoms with van der Waals surface area (Å²) in [6, 6.07) is 2.03. The van der Waals surface area contributed by atoms with Gasteiger partial charge in [0.05, 0.1) is 6.10 Å². The van der Waals surface area contributed by atoms with Crippen LogP contribution in [-0.2, 0) is 10.0 Å². The molecule has 0 bridgehead atoms. The molecule has 16 heavy (non-hydrogen) atoms. The van der Waals surface area contributed by atoms with E-state index >= 15 is 0 Å². The molecule has 0 amide bonds. The Morgan fingerprint density at radius 3 is 2.75 bits per heavy atom. The fourth-order valence-electron chi connectivity index (χ4n) is 1.53. The summed E-state index contributed by atoms with van der Waals surface area (Å²) in [5.41, 5.74) is 0. The van der Waals surface area contributed by atoms with Gasteiger partial charge in [0, 0.05) is 12.2 Å². The highest BCUT2D eigenvalue weighted by Crippen LogP contribution is 2.22. The van der Waals surface area contributed by atoms with Gasteiger partial charge in [-0.3, -0.25) is 0 Å². The average molecular weight is 246 g/mol. The molecule has 7 heteroatoms. The van der Waals surface area contributed by atoms with Crippen molar-refractivity contribution < 1.29 is 17.9 Å². The van der Waals surface area contributed by atoms with Gasteiger partial charge in [-0.25, -0.2) is 22.5 Å². The van der Waals surface area contributed by atoms with Crippen molar-refractivity contribution in [1.82, 2.24) is 9.71 Å². The Balaban J connectivity index is 2.16. The van der Waals surface area contributed by atoms with Gasteiger partial charge in [0.1, 0.15) is 0 Å². The second-order valence-electron chi connectivity index (χ2n) is 3.73. The van der Waals surface area contributed by atoms with Gasteiger partial charge < -0.3 is 5.11 Å². The monoisotopic (exact) mass is 246 g/mol. The number of pyridine rings is 1.